The van der Waals surface area contributed by atoms with Crippen LogP contribution in [0, 0.1) is 5.92 Å². The average molecular weight is 737 g/mol. The summed E-state index contributed by atoms with van der Waals surface area (Å²) in [6.07, 6.45) is -2.03. The van der Waals surface area contributed by atoms with E-state index in [1.807, 2.05) is 81.3 Å². The van der Waals surface area contributed by atoms with Crippen molar-refractivity contribution in [2.24, 2.45) is 5.92 Å². The molecule has 1 aliphatic heterocycles. The van der Waals surface area contributed by atoms with Gasteiger partial charge in [0, 0.05) is 49.6 Å². The van der Waals surface area contributed by atoms with Crippen molar-refractivity contribution >= 4 is 29.2 Å². The van der Waals surface area contributed by atoms with Gasteiger partial charge in [-0.15, -0.1) is 11.3 Å². The molecule has 0 bridgehead atoms. The average Bonchev–Trinajstić information content (AvgIpc) is 3.53. The first-order valence-corrected chi connectivity index (χ1v) is 18.9. The first-order chi connectivity index (χ1) is 24.5. The summed E-state index contributed by atoms with van der Waals surface area (Å²) in [6.45, 7) is 15.5. The van der Waals surface area contributed by atoms with Crippen molar-refractivity contribution in [3.05, 3.63) is 81.8 Å². The number of phenols is 1. The number of carboxylic acid groups (broad SMARTS) is 1. The van der Waals surface area contributed by atoms with Crippen LogP contribution in [0.4, 0.5) is 4.79 Å². The Bertz CT molecular complexity index is 1630. The molecule has 0 saturated carbocycles. The molecule has 0 aliphatic carbocycles. The highest BCUT2D eigenvalue weighted by Crippen LogP contribution is 2.23. The van der Waals surface area contributed by atoms with E-state index in [4.69, 9.17) is 0 Å². The minimum atomic E-state index is -1.23. The van der Waals surface area contributed by atoms with Crippen molar-refractivity contribution < 1.29 is 29.7 Å². The summed E-state index contributed by atoms with van der Waals surface area (Å²) in [7, 11) is 0. The van der Waals surface area contributed by atoms with Gasteiger partial charge in [0.25, 0.3) is 0 Å². The highest BCUT2D eigenvalue weighted by Gasteiger charge is 2.38. The molecule has 4 rings (SSSR count). The molecule has 284 valence electrons. The molecule has 5 N–H and O–H groups in total. The fourth-order valence-electron chi connectivity index (χ4n) is 6.56. The summed E-state index contributed by atoms with van der Waals surface area (Å²) in [5, 5.41) is 41.1. The van der Waals surface area contributed by atoms with Crippen LogP contribution < -0.4 is 10.6 Å². The van der Waals surface area contributed by atoms with Gasteiger partial charge in [-0.05, 0) is 56.4 Å². The van der Waals surface area contributed by atoms with E-state index >= 15 is 0 Å². The Kier molecular flexibility index (Phi) is 14.2. The van der Waals surface area contributed by atoms with Crippen LogP contribution in [-0.2, 0) is 29.1 Å². The number of nitrogens with zero attached hydrogens (tertiary/aromatic N) is 4. The summed E-state index contributed by atoms with van der Waals surface area (Å²) in [4.78, 5) is 50.4. The number of amides is 3. The molecule has 0 unspecified atom stereocenters. The number of nitrogens with one attached hydrogen (secondary N) is 2. The Hall–Kier alpha value is -4.04. The third-order valence-corrected chi connectivity index (χ3v) is 10.3. The number of phenolic OH excluding ortho intramolecular Hbond substituents is 1. The van der Waals surface area contributed by atoms with E-state index in [1.165, 1.54) is 11.3 Å². The van der Waals surface area contributed by atoms with Crippen molar-refractivity contribution in [3.8, 4) is 5.75 Å². The SMILES string of the molecule is CC(C)c1nc(CN(C(=O)O)[C@H](C(=O)N[C@@H](Cc2ccccc2)[C@H](O)CN2CCN(Cc3cccc(O)c3)C[C@H]2C(=O)NC(C)(C)C)C(C)C)cs1. The number of β-amino-alcohol motifs (C(OH)–C–C–N with tert-alkyl or cyclic N) is 1. The Morgan fingerprint density at radius 1 is 1.02 bits per heavy atom. The van der Waals surface area contributed by atoms with Gasteiger partial charge in [-0.2, -0.15) is 0 Å². The van der Waals surface area contributed by atoms with Crippen LogP contribution in [0.3, 0.4) is 0 Å². The van der Waals surface area contributed by atoms with E-state index in [1.54, 1.807) is 32.0 Å². The van der Waals surface area contributed by atoms with Crippen molar-refractivity contribution in [2.45, 2.75) is 104 Å². The molecule has 3 amide bonds. The van der Waals surface area contributed by atoms with Crippen LogP contribution in [0.2, 0.25) is 0 Å². The second-order valence-corrected chi connectivity index (χ2v) is 16.3. The molecule has 13 heteroatoms. The Morgan fingerprint density at radius 2 is 1.71 bits per heavy atom. The van der Waals surface area contributed by atoms with E-state index in [0.717, 1.165) is 21.0 Å². The maximum Gasteiger partial charge on any atom is 0.408 e. The Labute approximate surface area is 311 Å². The summed E-state index contributed by atoms with van der Waals surface area (Å²) in [6, 6.07) is 14.2. The number of hydrogen-bond donors (Lipinski definition) is 5. The first-order valence-electron chi connectivity index (χ1n) is 18.0. The van der Waals surface area contributed by atoms with Gasteiger partial charge in [0.1, 0.15) is 17.8 Å². The quantitative estimate of drug-likeness (QED) is 0.150. The van der Waals surface area contributed by atoms with Gasteiger partial charge in [0.15, 0.2) is 0 Å². The highest BCUT2D eigenvalue weighted by molar-refractivity contribution is 7.09. The predicted octanol–water partition coefficient (Wildman–Crippen LogP) is 4.67. The molecule has 12 nitrogen and oxygen atoms in total. The number of thiazole rings is 1. The minimum absolute atomic E-state index is 0.0435. The van der Waals surface area contributed by atoms with Gasteiger partial charge in [-0.3, -0.25) is 24.3 Å². The molecule has 0 radical (unpaired) electrons. The summed E-state index contributed by atoms with van der Waals surface area (Å²) in [5.41, 5.74) is 1.93. The Morgan fingerprint density at radius 3 is 2.31 bits per heavy atom. The van der Waals surface area contributed by atoms with Crippen LogP contribution >= 0.6 is 11.3 Å². The number of hydrogen-bond acceptors (Lipinski definition) is 9. The number of aromatic nitrogens is 1. The number of carbonyl (C=O) groups is 3. The number of aliphatic hydroxyl groups is 1. The molecule has 0 spiro atoms. The zero-order valence-corrected chi connectivity index (χ0v) is 32.3. The lowest BCUT2D eigenvalue weighted by atomic mass is 9.97. The third kappa shape index (κ3) is 11.7. The standard InChI is InChI=1S/C39H56N6O6S/c1-25(2)34(45(38(50)51)21-29-24-52-37(40-29)26(3)4)36(49)41-31(19-27-12-9-8-10-13-27)33(47)23-44-17-16-43(20-28-14-11-15-30(46)18-28)22-32(44)35(48)42-39(5,6)7/h8-15,18,24-26,31-34,46-47H,16-17,19-23H2,1-7H3,(H,41,49)(H,42,48)(H,50,51)/t31-,32-,33+,34-/m0/s1. The third-order valence-electron chi connectivity index (χ3n) is 9.08. The largest absolute Gasteiger partial charge is 0.508 e. The van der Waals surface area contributed by atoms with E-state index in [9.17, 15) is 29.7 Å². The molecule has 1 aromatic heterocycles. The number of rotatable bonds is 15. The number of aliphatic hydroxyl groups excluding tert-OH is 1. The lowest BCUT2D eigenvalue weighted by molar-refractivity contribution is -0.133. The zero-order chi connectivity index (χ0) is 38.2. The molecule has 4 atom stereocenters. The maximum absolute atomic E-state index is 14.2. The number of carbonyl (C=O) groups excluding carboxylic acids is 2. The van der Waals surface area contributed by atoms with E-state index < -0.39 is 41.8 Å². The molecule has 3 aromatic rings. The van der Waals surface area contributed by atoms with Gasteiger partial charge >= 0.3 is 6.09 Å². The van der Waals surface area contributed by atoms with Gasteiger partial charge in [-0.25, -0.2) is 9.78 Å². The van der Waals surface area contributed by atoms with E-state index in [0.29, 0.717) is 38.3 Å². The van der Waals surface area contributed by atoms with Crippen LogP contribution in [0.15, 0.2) is 60.0 Å². The topological polar surface area (TPSA) is 159 Å². The van der Waals surface area contributed by atoms with Crippen LogP contribution in [0.1, 0.15) is 76.2 Å². The molecule has 52 heavy (non-hydrogen) atoms. The van der Waals surface area contributed by atoms with Crippen molar-refractivity contribution in [1.82, 2.24) is 30.3 Å². The molecule has 2 aromatic carbocycles. The van der Waals surface area contributed by atoms with E-state index in [-0.39, 0.29) is 36.6 Å². The second-order valence-electron chi connectivity index (χ2n) is 15.5. The van der Waals surface area contributed by atoms with Gasteiger partial charge in [0.05, 0.1) is 29.4 Å². The molecule has 1 fully saturated rings. The van der Waals surface area contributed by atoms with Crippen molar-refractivity contribution in [3.63, 3.8) is 0 Å². The van der Waals surface area contributed by atoms with Crippen LogP contribution in [0.5, 0.6) is 5.75 Å². The normalized spacial score (nSPS) is 17.5. The zero-order valence-electron chi connectivity index (χ0n) is 31.5. The van der Waals surface area contributed by atoms with Crippen molar-refractivity contribution in [2.75, 3.05) is 26.2 Å². The lowest BCUT2D eigenvalue weighted by Gasteiger charge is -2.43. The summed E-state index contributed by atoms with van der Waals surface area (Å²) >= 11 is 1.47. The fraction of sp³-hybridized carbons (Fsp3) is 0.538. The Balaban J connectivity index is 1.57. The molecule has 2 heterocycles. The number of aromatic hydroxyl groups is 1. The monoisotopic (exact) mass is 736 g/mol. The molecular formula is C39H56N6O6S. The lowest BCUT2D eigenvalue weighted by Crippen LogP contribution is -2.63. The van der Waals surface area contributed by atoms with Gasteiger partial charge in [-0.1, -0.05) is 70.2 Å². The smallest absolute Gasteiger partial charge is 0.408 e. The van der Waals surface area contributed by atoms with Gasteiger partial charge < -0.3 is 26.0 Å². The first kappa shape index (κ1) is 40.7. The summed E-state index contributed by atoms with van der Waals surface area (Å²) < 4.78 is 0. The maximum atomic E-state index is 14.2. The fourth-order valence-corrected chi connectivity index (χ4v) is 7.39. The van der Waals surface area contributed by atoms with E-state index in [2.05, 4.69) is 20.5 Å². The highest BCUT2D eigenvalue weighted by atomic mass is 32.1. The summed E-state index contributed by atoms with van der Waals surface area (Å²) in [5.74, 6) is -0.665. The molecule has 1 aliphatic rings. The molecular weight excluding hydrogens is 681 g/mol. The number of benzene rings is 2. The van der Waals surface area contributed by atoms with Crippen LogP contribution in [-0.4, -0.2) is 109 Å². The van der Waals surface area contributed by atoms with Crippen LogP contribution in [0.25, 0.3) is 0 Å². The van der Waals surface area contributed by atoms with Crippen molar-refractivity contribution in [1.29, 1.82) is 0 Å². The number of piperazine rings is 1. The predicted molar refractivity (Wildman–Crippen MR) is 203 cm³/mol. The molecule has 1 saturated heterocycles. The van der Waals surface area contributed by atoms with Gasteiger partial charge in [0.2, 0.25) is 11.8 Å². The minimum Gasteiger partial charge on any atom is -0.508 e. The second kappa shape index (κ2) is 18.1.